The lowest BCUT2D eigenvalue weighted by atomic mass is 10.1. The molecule has 37 heavy (non-hydrogen) atoms. The summed E-state index contributed by atoms with van der Waals surface area (Å²) in [4.78, 5) is 18.8. The van der Waals surface area contributed by atoms with E-state index in [0.717, 1.165) is 79.4 Å². The number of nitrogens with one attached hydrogen (secondary N) is 1. The largest absolute Gasteiger partial charge is 0.488 e. The van der Waals surface area contributed by atoms with Crippen LogP contribution in [0.15, 0.2) is 52.0 Å². The van der Waals surface area contributed by atoms with Crippen LogP contribution < -0.4 is 20.0 Å². The molecule has 10 heteroatoms. The van der Waals surface area contributed by atoms with E-state index in [0.29, 0.717) is 23.3 Å². The van der Waals surface area contributed by atoms with Gasteiger partial charge >= 0.3 is 0 Å². The number of nitrogens with zero attached hydrogens (tertiary/aromatic N) is 6. The Morgan fingerprint density at radius 3 is 2.19 bits per heavy atom. The number of aromatic nitrogens is 3. The summed E-state index contributed by atoms with van der Waals surface area (Å²) >= 11 is 9.84. The van der Waals surface area contributed by atoms with Gasteiger partial charge in [0.05, 0.1) is 6.21 Å². The second kappa shape index (κ2) is 12.6. The highest BCUT2D eigenvalue weighted by Crippen LogP contribution is 2.25. The van der Waals surface area contributed by atoms with Gasteiger partial charge in [-0.15, -0.1) is 0 Å². The topological polar surface area (TPSA) is 78.8 Å². The van der Waals surface area contributed by atoms with Crippen molar-refractivity contribution in [1.29, 1.82) is 0 Å². The maximum atomic E-state index is 6.29. The average Bonchev–Trinajstić information content (AvgIpc) is 2.94. The summed E-state index contributed by atoms with van der Waals surface area (Å²) in [5.74, 6) is 2.59. The predicted molar refractivity (Wildman–Crippen MR) is 153 cm³/mol. The minimum absolute atomic E-state index is 0.363. The quantitative estimate of drug-likeness (QED) is 0.246. The van der Waals surface area contributed by atoms with Crippen molar-refractivity contribution in [3.05, 3.63) is 63.1 Å². The number of anilines is 3. The van der Waals surface area contributed by atoms with E-state index in [4.69, 9.17) is 31.3 Å². The monoisotopic (exact) mass is 583 g/mol. The third kappa shape index (κ3) is 6.90. The highest BCUT2D eigenvalue weighted by atomic mass is 79.9. The molecule has 0 aliphatic carbocycles. The minimum atomic E-state index is 0.363. The summed E-state index contributed by atoms with van der Waals surface area (Å²) < 4.78 is 7.01. The first-order valence-corrected chi connectivity index (χ1v) is 14.0. The van der Waals surface area contributed by atoms with E-state index in [2.05, 4.69) is 36.3 Å². The van der Waals surface area contributed by atoms with Crippen LogP contribution in [0.3, 0.4) is 0 Å². The van der Waals surface area contributed by atoms with Crippen molar-refractivity contribution in [3.8, 4) is 5.75 Å². The maximum Gasteiger partial charge on any atom is 0.250 e. The predicted octanol–water partition coefficient (Wildman–Crippen LogP) is 6.29. The number of rotatable bonds is 8. The fourth-order valence-electron chi connectivity index (χ4n) is 4.56. The Hall–Kier alpha value is -2.91. The van der Waals surface area contributed by atoms with E-state index >= 15 is 0 Å². The molecule has 2 saturated heterocycles. The molecule has 0 saturated carbocycles. The number of ether oxygens (including phenoxy) is 1. The molecular weight excluding hydrogens is 554 g/mol. The van der Waals surface area contributed by atoms with Gasteiger partial charge in [0.2, 0.25) is 17.8 Å². The maximum absolute atomic E-state index is 6.29. The second-order valence-corrected chi connectivity index (χ2v) is 10.6. The molecule has 1 aromatic heterocycles. The first-order valence-electron chi connectivity index (χ1n) is 12.9. The number of hydrazone groups is 1. The van der Waals surface area contributed by atoms with Gasteiger partial charge in [0.25, 0.3) is 0 Å². The molecule has 0 bridgehead atoms. The number of benzene rings is 2. The van der Waals surface area contributed by atoms with Gasteiger partial charge < -0.3 is 14.5 Å². The Bertz CT molecular complexity index is 1190. The summed E-state index contributed by atoms with van der Waals surface area (Å²) in [5, 5.41) is 5.15. The Kier molecular flexibility index (Phi) is 8.73. The van der Waals surface area contributed by atoms with Gasteiger partial charge in [-0.25, -0.2) is 5.43 Å². The molecule has 2 aromatic carbocycles. The van der Waals surface area contributed by atoms with Crippen LogP contribution in [0.25, 0.3) is 0 Å². The third-order valence-electron chi connectivity index (χ3n) is 6.57. The van der Waals surface area contributed by atoms with Crippen molar-refractivity contribution in [2.24, 2.45) is 5.10 Å². The van der Waals surface area contributed by atoms with Crippen LogP contribution in [-0.4, -0.2) is 47.3 Å². The van der Waals surface area contributed by atoms with Crippen molar-refractivity contribution in [3.63, 3.8) is 0 Å². The van der Waals surface area contributed by atoms with E-state index in [1.54, 1.807) is 6.21 Å². The van der Waals surface area contributed by atoms with Crippen molar-refractivity contribution < 1.29 is 4.74 Å². The Balaban J connectivity index is 1.34. The molecule has 0 amide bonds. The Morgan fingerprint density at radius 1 is 0.892 bits per heavy atom. The molecule has 2 aliphatic heterocycles. The summed E-state index contributed by atoms with van der Waals surface area (Å²) in [6.07, 6.45) is 8.86. The summed E-state index contributed by atoms with van der Waals surface area (Å²) in [6.45, 7) is 4.24. The number of hydrogen-bond donors (Lipinski definition) is 1. The zero-order valence-corrected chi connectivity index (χ0v) is 23.1. The molecule has 2 fully saturated rings. The molecule has 0 spiro atoms. The van der Waals surface area contributed by atoms with Crippen molar-refractivity contribution >= 4 is 51.6 Å². The SMILES string of the molecule is Clc1ccccc1COc1ccc(Br)cc1/C=N\Nc1nc(N2CCCCC2)nc(N2CCCCC2)n1. The minimum Gasteiger partial charge on any atom is -0.488 e. The van der Waals surface area contributed by atoms with Gasteiger partial charge in [0.1, 0.15) is 12.4 Å². The summed E-state index contributed by atoms with van der Waals surface area (Å²) in [7, 11) is 0. The molecule has 194 valence electrons. The third-order valence-corrected chi connectivity index (χ3v) is 7.43. The first kappa shape index (κ1) is 25.7. The van der Waals surface area contributed by atoms with Crippen LogP contribution in [-0.2, 0) is 6.61 Å². The second-order valence-electron chi connectivity index (χ2n) is 9.29. The summed E-state index contributed by atoms with van der Waals surface area (Å²) in [5.41, 5.74) is 4.78. The normalized spacial score (nSPS) is 16.3. The van der Waals surface area contributed by atoms with E-state index in [9.17, 15) is 0 Å². The number of piperidine rings is 2. The molecule has 5 rings (SSSR count). The average molecular weight is 585 g/mol. The van der Waals surface area contributed by atoms with Crippen molar-refractivity contribution in [2.45, 2.75) is 45.1 Å². The van der Waals surface area contributed by atoms with Crippen molar-refractivity contribution in [1.82, 2.24) is 15.0 Å². The lowest BCUT2D eigenvalue weighted by Gasteiger charge is -2.30. The van der Waals surface area contributed by atoms with Gasteiger partial charge in [-0.05, 0) is 62.8 Å². The molecule has 1 N–H and O–H groups in total. The fourth-order valence-corrected chi connectivity index (χ4v) is 5.13. The molecule has 8 nitrogen and oxygen atoms in total. The molecule has 3 heterocycles. The zero-order chi connectivity index (χ0) is 25.5. The van der Waals surface area contributed by atoms with Gasteiger partial charge in [0.15, 0.2) is 0 Å². The van der Waals surface area contributed by atoms with Gasteiger partial charge in [-0.1, -0.05) is 45.7 Å². The highest BCUT2D eigenvalue weighted by Gasteiger charge is 2.20. The molecular formula is C27H31BrClN7O. The lowest BCUT2D eigenvalue weighted by molar-refractivity contribution is 0.306. The molecule has 2 aliphatic rings. The van der Waals surface area contributed by atoms with Gasteiger partial charge in [-0.3, -0.25) is 0 Å². The number of hydrogen-bond acceptors (Lipinski definition) is 8. The lowest BCUT2D eigenvalue weighted by Crippen LogP contribution is -2.34. The van der Waals surface area contributed by atoms with Crippen LogP contribution in [0.2, 0.25) is 5.02 Å². The Labute approximate surface area is 231 Å². The molecule has 0 atom stereocenters. The van der Waals surface area contributed by atoms with Crippen LogP contribution in [0, 0.1) is 0 Å². The molecule has 0 unspecified atom stereocenters. The van der Waals surface area contributed by atoms with Gasteiger partial charge in [-0.2, -0.15) is 20.1 Å². The van der Waals surface area contributed by atoms with Crippen LogP contribution >= 0.6 is 27.5 Å². The van der Waals surface area contributed by atoms with Crippen LogP contribution in [0.1, 0.15) is 49.7 Å². The zero-order valence-electron chi connectivity index (χ0n) is 20.7. The highest BCUT2D eigenvalue weighted by molar-refractivity contribution is 9.10. The van der Waals surface area contributed by atoms with Gasteiger partial charge in [0, 0.05) is 46.8 Å². The fraction of sp³-hybridized carbons (Fsp3) is 0.407. The summed E-state index contributed by atoms with van der Waals surface area (Å²) in [6, 6.07) is 13.5. The molecule has 0 radical (unpaired) electrons. The molecule has 3 aromatic rings. The van der Waals surface area contributed by atoms with E-state index in [1.807, 2.05) is 42.5 Å². The van der Waals surface area contributed by atoms with Crippen LogP contribution in [0.5, 0.6) is 5.75 Å². The smallest absolute Gasteiger partial charge is 0.250 e. The van der Waals surface area contributed by atoms with Crippen molar-refractivity contribution in [2.75, 3.05) is 41.4 Å². The van der Waals surface area contributed by atoms with E-state index < -0.39 is 0 Å². The standard InChI is InChI=1S/C27H31BrClN7O/c28-22-11-12-24(37-19-20-9-3-4-10-23(20)29)21(17-22)18-30-34-25-31-26(35-13-5-1-6-14-35)33-27(32-25)36-15-7-2-8-16-36/h3-4,9-12,17-18H,1-2,5-8,13-16,19H2,(H,31,32,33,34)/b30-18-. The van der Waals surface area contributed by atoms with E-state index in [1.165, 1.54) is 12.8 Å². The first-order chi connectivity index (χ1) is 18.2. The number of halogens is 2. The Morgan fingerprint density at radius 2 is 1.54 bits per heavy atom. The van der Waals surface area contributed by atoms with Crippen LogP contribution in [0.4, 0.5) is 17.8 Å². The van der Waals surface area contributed by atoms with E-state index in [-0.39, 0.29) is 0 Å².